The highest BCUT2D eigenvalue weighted by Gasteiger charge is 2.26. The van der Waals surface area contributed by atoms with Crippen molar-refractivity contribution in [3.63, 3.8) is 0 Å². The molecule has 0 bridgehead atoms. The number of anilines is 2. The number of hydrogen-bond donors (Lipinski definition) is 1. The number of fused-ring (bicyclic) bond motifs is 3. The van der Waals surface area contributed by atoms with Gasteiger partial charge in [0.05, 0.1) is 17.6 Å². The summed E-state index contributed by atoms with van der Waals surface area (Å²) < 4.78 is 0. The maximum atomic E-state index is 4.19. The first kappa shape index (κ1) is 9.01. The molecule has 3 heterocycles. The summed E-state index contributed by atoms with van der Waals surface area (Å²) >= 11 is 0. The van der Waals surface area contributed by atoms with E-state index in [4.69, 9.17) is 0 Å². The van der Waals surface area contributed by atoms with E-state index in [1.807, 2.05) is 12.4 Å². The van der Waals surface area contributed by atoms with Crippen molar-refractivity contribution in [3.8, 4) is 0 Å². The molecule has 1 saturated heterocycles. The van der Waals surface area contributed by atoms with Crippen LogP contribution in [-0.2, 0) is 0 Å². The number of piperidine rings is 1. The summed E-state index contributed by atoms with van der Waals surface area (Å²) in [6.45, 7) is 2.29. The van der Waals surface area contributed by atoms with Crippen LogP contribution in [0.2, 0.25) is 0 Å². The second kappa shape index (κ2) is 3.72. The van der Waals surface area contributed by atoms with Crippen LogP contribution < -0.4 is 10.2 Å². The molecule has 1 aromatic rings. The van der Waals surface area contributed by atoms with E-state index in [9.17, 15) is 0 Å². The van der Waals surface area contributed by atoms with E-state index >= 15 is 0 Å². The summed E-state index contributed by atoms with van der Waals surface area (Å²) in [4.78, 5) is 6.76. The molecule has 1 unspecified atom stereocenters. The van der Waals surface area contributed by atoms with Crippen LogP contribution in [0.4, 0.5) is 11.4 Å². The van der Waals surface area contributed by atoms with Crippen LogP contribution in [0.3, 0.4) is 0 Å². The molecule has 1 atom stereocenters. The van der Waals surface area contributed by atoms with E-state index in [1.165, 1.54) is 43.6 Å². The molecule has 2 aliphatic rings. The molecule has 0 aliphatic carbocycles. The van der Waals surface area contributed by atoms with Gasteiger partial charge >= 0.3 is 0 Å². The van der Waals surface area contributed by atoms with Crippen molar-refractivity contribution in [2.75, 3.05) is 23.3 Å². The number of rotatable bonds is 0. The number of hydrogen-bond acceptors (Lipinski definition) is 3. The van der Waals surface area contributed by atoms with Gasteiger partial charge in [0.1, 0.15) is 0 Å². The highest BCUT2D eigenvalue weighted by molar-refractivity contribution is 5.70. The zero-order valence-corrected chi connectivity index (χ0v) is 8.95. The molecule has 1 aromatic heterocycles. The van der Waals surface area contributed by atoms with Crippen LogP contribution >= 0.6 is 0 Å². The van der Waals surface area contributed by atoms with E-state index in [0.29, 0.717) is 0 Å². The van der Waals surface area contributed by atoms with Gasteiger partial charge in [0, 0.05) is 25.3 Å². The third-order valence-electron chi connectivity index (χ3n) is 3.53. The van der Waals surface area contributed by atoms with E-state index in [-0.39, 0.29) is 0 Å². The van der Waals surface area contributed by atoms with Gasteiger partial charge in [0.2, 0.25) is 0 Å². The van der Waals surface area contributed by atoms with Crippen LogP contribution in [0.5, 0.6) is 0 Å². The van der Waals surface area contributed by atoms with Crippen LogP contribution in [0.25, 0.3) is 0 Å². The van der Waals surface area contributed by atoms with Gasteiger partial charge in [-0.15, -0.1) is 0 Å². The molecule has 15 heavy (non-hydrogen) atoms. The molecule has 0 radical (unpaired) electrons. The van der Waals surface area contributed by atoms with Crippen molar-refractivity contribution in [1.29, 1.82) is 0 Å². The first-order valence-corrected chi connectivity index (χ1v) is 5.90. The quantitative estimate of drug-likeness (QED) is 0.701. The summed E-state index contributed by atoms with van der Waals surface area (Å²) in [5.74, 6) is 0. The lowest BCUT2D eigenvalue weighted by Gasteiger charge is -2.36. The third kappa shape index (κ3) is 1.56. The van der Waals surface area contributed by atoms with Gasteiger partial charge in [-0.25, -0.2) is 0 Å². The molecule has 3 nitrogen and oxygen atoms in total. The minimum atomic E-state index is 0.745. The fourth-order valence-corrected chi connectivity index (χ4v) is 2.77. The smallest absolute Gasteiger partial charge is 0.0764 e. The summed E-state index contributed by atoms with van der Waals surface area (Å²) in [7, 11) is 0. The molecule has 0 saturated carbocycles. The second-order valence-corrected chi connectivity index (χ2v) is 4.45. The molecular formula is C12H17N3. The number of nitrogens with one attached hydrogen (secondary N) is 1. The summed E-state index contributed by atoms with van der Waals surface area (Å²) in [5.41, 5.74) is 2.56. The van der Waals surface area contributed by atoms with E-state index in [2.05, 4.69) is 21.3 Å². The van der Waals surface area contributed by atoms with Crippen LogP contribution in [0, 0.1) is 0 Å². The Hall–Kier alpha value is -1.25. The van der Waals surface area contributed by atoms with Crippen molar-refractivity contribution < 1.29 is 0 Å². The Kier molecular flexibility index (Phi) is 2.24. The van der Waals surface area contributed by atoms with Crippen LogP contribution in [0.15, 0.2) is 18.5 Å². The molecule has 0 spiro atoms. The van der Waals surface area contributed by atoms with Crippen molar-refractivity contribution in [2.24, 2.45) is 0 Å². The van der Waals surface area contributed by atoms with Crippen molar-refractivity contribution in [3.05, 3.63) is 18.5 Å². The summed E-state index contributed by atoms with van der Waals surface area (Å²) in [5, 5.41) is 3.48. The Bertz CT molecular complexity index is 350. The average Bonchev–Trinajstić information content (AvgIpc) is 2.48. The molecular weight excluding hydrogens is 186 g/mol. The minimum Gasteiger partial charge on any atom is -0.382 e. The Labute approximate surface area is 90.5 Å². The molecule has 0 amide bonds. The number of pyridine rings is 1. The van der Waals surface area contributed by atoms with Gasteiger partial charge < -0.3 is 10.2 Å². The predicted molar refractivity (Wildman–Crippen MR) is 62.3 cm³/mol. The van der Waals surface area contributed by atoms with Crippen molar-refractivity contribution in [1.82, 2.24) is 4.98 Å². The summed E-state index contributed by atoms with van der Waals surface area (Å²) in [6.07, 6.45) is 9.18. The highest BCUT2D eigenvalue weighted by atomic mass is 15.2. The SMILES string of the molecule is c1cc2c(cn1)NCCC1CCCCN21. The maximum Gasteiger partial charge on any atom is 0.0764 e. The fourth-order valence-electron chi connectivity index (χ4n) is 2.77. The topological polar surface area (TPSA) is 28.2 Å². The number of aromatic nitrogens is 1. The Morgan fingerprint density at radius 2 is 2.33 bits per heavy atom. The average molecular weight is 203 g/mol. The monoisotopic (exact) mass is 203 g/mol. The Balaban J connectivity index is 1.99. The first-order valence-electron chi connectivity index (χ1n) is 5.90. The number of nitrogens with zero attached hydrogens (tertiary/aromatic N) is 2. The van der Waals surface area contributed by atoms with Gasteiger partial charge in [-0.3, -0.25) is 4.98 Å². The van der Waals surface area contributed by atoms with Crippen molar-refractivity contribution >= 4 is 11.4 Å². The lowest BCUT2D eigenvalue weighted by molar-refractivity contribution is 0.450. The zero-order chi connectivity index (χ0) is 10.1. The van der Waals surface area contributed by atoms with Crippen molar-refractivity contribution in [2.45, 2.75) is 31.7 Å². The molecule has 3 heteroatoms. The summed E-state index contributed by atoms with van der Waals surface area (Å²) in [6, 6.07) is 2.89. The van der Waals surface area contributed by atoms with Gasteiger partial charge in [-0.2, -0.15) is 0 Å². The fraction of sp³-hybridized carbons (Fsp3) is 0.583. The predicted octanol–water partition coefficient (Wildman–Crippen LogP) is 2.26. The van der Waals surface area contributed by atoms with E-state index in [1.54, 1.807) is 0 Å². The molecule has 3 rings (SSSR count). The lowest BCUT2D eigenvalue weighted by Crippen LogP contribution is -2.39. The zero-order valence-electron chi connectivity index (χ0n) is 8.95. The maximum absolute atomic E-state index is 4.19. The van der Waals surface area contributed by atoms with Crippen LogP contribution in [-0.4, -0.2) is 24.1 Å². The highest BCUT2D eigenvalue weighted by Crippen LogP contribution is 2.33. The largest absolute Gasteiger partial charge is 0.382 e. The Morgan fingerprint density at radius 3 is 3.33 bits per heavy atom. The molecule has 0 aromatic carbocycles. The molecule has 1 fully saturated rings. The van der Waals surface area contributed by atoms with E-state index in [0.717, 1.165) is 12.6 Å². The van der Waals surface area contributed by atoms with Crippen LogP contribution in [0.1, 0.15) is 25.7 Å². The van der Waals surface area contributed by atoms with Gasteiger partial charge in [0.15, 0.2) is 0 Å². The third-order valence-corrected chi connectivity index (χ3v) is 3.53. The molecule has 80 valence electrons. The molecule has 2 aliphatic heterocycles. The van der Waals surface area contributed by atoms with Gasteiger partial charge in [0.25, 0.3) is 0 Å². The van der Waals surface area contributed by atoms with Gasteiger partial charge in [-0.1, -0.05) is 0 Å². The first-order chi connectivity index (χ1) is 7.45. The van der Waals surface area contributed by atoms with Gasteiger partial charge in [-0.05, 0) is 31.7 Å². The second-order valence-electron chi connectivity index (χ2n) is 4.45. The lowest BCUT2D eigenvalue weighted by atomic mass is 9.99. The Morgan fingerprint density at radius 1 is 1.33 bits per heavy atom. The van der Waals surface area contributed by atoms with E-state index < -0.39 is 0 Å². The molecule has 1 N–H and O–H groups in total. The standard InChI is InChI=1S/C12H17N3/c1-2-8-15-10(3-1)4-7-14-11-9-13-6-5-12(11)15/h5-6,9-10,14H,1-4,7-8H2. The minimum absolute atomic E-state index is 0.745. The normalized spacial score (nSPS) is 24.8.